The number of nitrogens with zero attached hydrogens (tertiary/aromatic N) is 2. The van der Waals surface area contributed by atoms with Gasteiger partial charge in [0.05, 0.1) is 17.7 Å². The molecule has 0 bridgehead atoms. The second kappa shape index (κ2) is 7.29. The molecule has 29 heavy (non-hydrogen) atoms. The number of aromatic nitrogens is 1. The smallest absolute Gasteiger partial charge is 0.410 e. The highest BCUT2D eigenvalue weighted by Crippen LogP contribution is 2.35. The first-order valence-corrected chi connectivity index (χ1v) is 9.97. The minimum absolute atomic E-state index is 0.00242. The summed E-state index contributed by atoms with van der Waals surface area (Å²) in [6.45, 7) is 6.38. The number of likely N-dealkylation sites (tertiary alicyclic amines) is 1. The van der Waals surface area contributed by atoms with Gasteiger partial charge in [-0.25, -0.2) is 4.79 Å². The Balaban J connectivity index is 1.63. The molecule has 5 heteroatoms. The molecule has 2 heterocycles. The molecular formula is C24H25N3O2. The number of carbonyl (C=O) groups excluding carboxylic acids is 1. The summed E-state index contributed by atoms with van der Waals surface area (Å²) in [5.74, 6) is 0. The number of hydrogen-bond donors (Lipinski definition) is 1. The molecule has 1 N–H and O–H groups in total. The van der Waals surface area contributed by atoms with Crippen LogP contribution in [0.25, 0.3) is 22.0 Å². The Morgan fingerprint density at radius 1 is 1.17 bits per heavy atom. The molecule has 1 saturated heterocycles. The van der Waals surface area contributed by atoms with Gasteiger partial charge < -0.3 is 9.72 Å². The number of nitrogens with one attached hydrogen (secondary N) is 1. The normalized spacial score (nSPS) is 16.8. The van der Waals surface area contributed by atoms with Gasteiger partial charge >= 0.3 is 6.09 Å². The van der Waals surface area contributed by atoms with Gasteiger partial charge in [-0.1, -0.05) is 18.2 Å². The Hall–Kier alpha value is -3.26. The number of nitriles is 1. The number of fused-ring (bicyclic) bond motifs is 1. The summed E-state index contributed by atoms with van der Waals surface area (Å²) >= 11 is 0. The minimum Gasteiger partial charge on any atom is -0.444 e. The van der Waals surface area contributed by atoms with Crippen LogP contribution in [0.3, 0.4) is 0 Å². The fourth-order valence-corrected chi connectivity index (χ4v) is 3.91. The lowest BCUT2D eigenvalue weighted by Crippen LogP contribution is -2.36. The highest BCUT2D eigenvalue weighted by molar-refractivity contribution is 5.86. The van der Waals surface area contributed by atoms with Crippen LogP contribution in [-0.2, 0) is 4.74 Å². The van der Waals surface area contributed by atoms with Crippen molar-refractivity contribution in [1.29, 1.82) is 5.26 Å². The summed E-state index contributed by atoms with van der Waals surface area (Å²) in [5, 5.41) is 10.2. The molecule has 3 aromatic rings. The standard InChI is InChI=1S/C24H25N3O2/c1-24(2,3)29-23(28)27-11-5-8-22(27)21-14-19-13-18(9-10-20(19)26-21)17-7-4-6-16(12-17)15-25/h4,6-7,9-10,12-14,22,26H,5,8,11H2,1-3H3/t22-/m0/s1. The van der Waals surface area contributed by atoms with Crippen molar-refractivity contribution in [2.45, 2.75) is 45.3 Å². The van der Waals surface area contributed by atoms with Crippen LogP contribution < -0.4 is 0 Å². The van der Waals surface area contributed by atoms with Gasteiger partial charge in [-0.3, -0.25) is 4.90 Å². The molecule has 1 fully saturated rings. The summed E-state index contributed by atoms with van der Waals surface area (Å²) in [5.41, 5.74) is 4.30. The van der Waals surface area contributed by atoms with Gasteiger partial charge in [-0.2, -0.15) is 5.26 Å². The second-order valence-electron chi connectivity index (χ2n) is 8.55. The molecule has 5 nitrogen and oxygen atoms in total. The topological polar surface area (TPSA) is 69.1 Å². The number of rotatable bonds is 2. The molecule has 0 unspecified atom stereocenters. The predicted molar refractivity (Wildman–Crippen MR) is 113 cm³/mol. The van der Waals surface area contributed by atoms with Crippen molar-refractivity contribution in [3.05, 3.63) is 59.8 Å². The van der Waals surface area contributed by atoms with Crippen molar-refractivity contribution in [3.63, 3.8) is 0 Å². The zero-order chi connectivity index (χ0) is 20.6. The van der Waals surface area contributed by atoms with Crippen molar-refractivity contribution >= 4 is 17.0 Å². The van der Waals surface area contributed by atoms with E-state index in [1.165, 1.54) is 0 Å². The SMILES string of the molecule is CC(C)(C)OC(=O)N1CCC[C@H]1c1cc2cc(-c3cccc(C#N)c3)ccc2[nH]1. The van der Waals surface area contributed by atoms with E-state index < -0.39 is 5.60 Å². The Bertz CT molecular complexity index is 1100. The molecule has 0 saturated carbocycles. The highest BCUT2D eigenvalue weighted by Gasteiger charge is 2.34. The number of H-pyrrole nitrogens is 1. The van der Waals surface area contributed by atoms with E-state index >= 15 is 0 Å². The van der Waals surface area contributed by atoms with Crippen LogP contribution in [0.15, 0.2) is 48.5 Å². The van der Waals surface area contributed by atoms with Crippen molar-refractivity contribution in [2.24, 2.45) is 0 Å². The maximum Gasteiger partial charge on any atom is 0.410 e. The Morgan fingerprint density at radius 2 is 1.97 bits per heavy atom. The molecular weight excluding hydrogens is 362 g/mol. The fraction of sp³-hybridized carbons (Fsp3) is 0.333. The van der Waals surface area contributed by atoms with Crippen molar-refractivity contribution in [3.8, 4) is 17.2 Å². The summed E-state index contributed by atoms with van der Waals surface area (Å²) in [6.07, 6.45) is 1.63. The van der Waals surface area contributed by atoms with Crippen molar-refractivity contribution in [2.75, 3.05) is 6.54 Å². The van der Waals surface area contributed by atoms with Gasteiger partial charge in [0.1, 0.15) is 5.60 Å². The molecule has 148 valence electrons. The molecule has 0 aliphatic carbocycles. The molecule has 0 radical (unpaired) electrons. The zero-order valence-electron chi connectivity index (χ0n) is 17.0. The maximum absolute atomic E-state index is 12.6. The molecule has 1 atom stereocenters. The Morgan fingerprint density at radius 3 is 2.72 bits per heavy atom. The quantitative estimate of drug-likeness (QED) is 0.606. The number of aromatic amines is 1. The van der Waals surface area contributed by atoms with Crippen molar-refractivity contribution < 1.29 is 9.53 Å². The molecule has 0 spiro atoms. The average Bonchev–Trinajstić information content (AvgIpc) is 3.32. The molecule has 1 amide bonds. The van der Waals surface area contributed by atoms with Gasteiger partial charge in [0.25, 0.3) is 0 Å². The van der Waals surface area contributed by atoms with Gasteiger partial charge in [-0.15, -0.1) is 0 Å². The first kappa shape index (κ1) is 19.1. The Kier molecular flexibility index (Phi) is 4.79. The Labute approximate surface area is 170 Å². The largest absolute Gasteiger partial charge is 0.444 e. The summed E-state index contributed by atoms with van der Waals surface area (Å²) in [7, 11) is 0. The van der Waals surface area contributed by atoms with Crippen LogP contribution in [0.4, 0.5) is 4.79 Å². The first-order valence-electron chi connectivity index (χ1n) is 9.97. The van der Waals surface area contributed by atoms with E-state index in [9.17, 15) is 4.79 Å². The fourth-order valence-electron chi connectivity index (χ4n) is 3.91. The summed E-state index contributed by atoms with van der Waals surface area (Å²) < 4.78 is 5.59. The lowest BCUT2D eigenvalue weighted by molar-refractivity contribution is 0.0222. The highest BCUT2D eigenvalue weighted by atomic mass is 16.6. The van der Waals surface area contributed by atoms with E-state index in [1.807, 2.05) is 49.9 Å². The van der Waals surface area contributed by atoms with Crippen LogP contribution in [0.1, 0.15) is 50.9 Å². The summed E-state index contributed by atoms with van der Waals surface area (Å²) in [6, 6.07) is 18.2. The molecule has 1 aliphatic heterocycles. The average molecular weight is 387 g/mol. The monoisotopic (exact) mass is 387 g/mol. The number of ether oxygens (including phenoxy) is 1. The van der Waals surface area contributed by atoms with Crippen molar-refractivity contribution in [1.82, 2.24) is 9.88 Å². The third-order valence-corrected chi connectivity index (χ3v) is 5.21. The van der Waals surface area contributed by atoms with Gasteiger partial charge in [-0.05, 0) is 75.1 Å². The number of carbonyl (C=O) groups is 1. The molecule has 1 aliphatic rings. The van der Waals surface area contributed by atoms with Gasteiger partial charge in [0.15, 0.2) is 0 Å². The minimum atomic E-state index is -0.502. The van der Waals surface area contributed by atoms with Gasteiger partial charge in [0, 0.05) is 23.1 Å². The summed E-state index contributed by atoms with van der Waals surface area (Å²) in [4.78, 5) is 17.9. The molecule has 1 aromatic heterocycles. The second-order valence-corrected chi connectivity index (χ2v) is 8.55. The number of benzene rings is 2. The van der Waals surface area contributed by atoms with Crippen LogP contribution in [-0.4, -0.2) is 28.1 Å². The molecule has 2 aromatic carbocycles. The van der Waals surface area contributed by atoms with E-state index in [-0.39, 0.29) is 12.1 Å². The maximum atomic E-state index is 12.6. The van der Waals surface area contributed by atoms with E-state index in [0.717, 1.165) is 40.6 Å². The van der Waals surface area contributed by atoms with Crippen LogP contribution in [0, 0.1) is 11.3 Å². The lowest BCUT2D eigenvalue weighted by atomic mass is 10.0. The third-order valence-electron chi connectivity index (χ3n) is 5.21. The van der Waals surface area contributed by atoms with E-state index in [4.69, 9.17) is 10.00 Å². The van der Waals surface area contributed by atoms with Crippen LogP contribution >= 0.6 is 0 Å². The predicted octanol–water partition coefficient (Wildman–Crippen LogP) is 5.78. The van der Waals surface area contributed by atoms with Crippen LogP contribution in [0.5, 0.6) is 0 Å². The first-order chi connectivity index (χ1) is 13.8. The third kappa shape index (κ3) is 3.97. The number of hydrogen-bond acceptors (Lipinski definition) is 3. The van der Waals surface area contributed by atoms with Crippen LogP contribution in [0.2, 0.25) is 0 Å². The lowest BCUT2D eigenvalue weighted by Gasteiger charge is -2.28. The number of amides is 1. The van der Waals surface area contributed by atoms with E-state index in [2.05, 4.69) is 35.3 Å². The molecule has 4 rings (SSSR count). The zero-order valence-corrected chi connectivity index (χ0v) is 17.0. The van der Waals surface area contributed by atoms with E-state index in [1.54, 1.807) is 0 Å². The van der Waals surface area contributed by atoms with Gasteiger partial charge in [0.2, 0.25) is 0 Å². The van der Waals surface area contributed by atoms with E-state index in [0.29, 0.717) is 12.1 Å².